The van der Waals surface area contributed by atoms with Gasteiger partial charge < -0.3 is 15.0 Å². The van der Waals surface area contributed by atoms with Gasteiger partial charge in [0.05, 0.1) is 6.54 Å². The van der Waals surface area contributed by atoms with E-state index in [1.165, 1.54) is 10.5 Å². The maximum Gasteiger partial charge on any atom is 0.255 e. The minimum Gasteiger partial charge on any atom is -0.457 e. The van der Waals surface area contributed by atoms with E-state index in [9.17, 15) is 14.4 Å². The lowest BCUT2D eigenvalue weighted by molar-refractivity contribution is -0.136. The highest BCUT2D eigenvalue weighted by atomic mass is 16.5. The first-order valence-electron chi connectivity index (χ1n) is 9.41. The molecule has 142 valence electrons. The monoisotopic (exact) mass is 377 g/mol. The molecule has 1 saturated heterocycles. The quantitative estimate of drug-likeness (QED) is 0.801. The van der Waals surface area contributed by atoms with Crippen molar-refractivity contribution in [2.75, 3.05) is 11.9 Å². The number of hydrogen-bond acceptors (Lipinski definition) is 5. The van der Waals surface area contributed by atoms with Crippen LogP contribution in [-0.2, 0) is 22.6 Å². The van der Waals surface area contributed by atoms with Crippen LogP contribution < -0.4 is 15.4 Å². The molecule has 0 spiro atoms. The molecular formula is C21H19N3O4. The first-order valence-corrected chi connectivity index (χ1v) is 9.41. The van der Waals surface area contributed by atoms with Gasteiger partial charge in [0, 0.05) is 35.8 Å². The molecule has 3 amide bonds. The van der Waals surface area contributed by atoms with Crippen molar-refractivity contribution in [2.45, 2.75) is 31.8 Å². The van der Waals surface area contributed by atoms with Crippen LogP contribution in [0.2, 0.25) is 0 Å². The number of carbonyl (C=O) groups is 3. The fourth-order valence-electron chi connectivity index (χ4n) is 4.11. The predicted octanol–water partition coefficient (Wildman–Crippen LogP) is 2.21. The Bertz CT molecular complexity index is 1020. The summed E-state index contributed by atoms with van der Waals surface area (Å²) in [5.74, 6) is 0.404. The van der Waals surface area contributed by atoms with Crippen LogP contribution in [-0.4, -0.2) is 35.2 Å². The largest absolute Gasteiger partial charge is 0.457 e. The zero-order valence-corrected chi connectivity index (χ0v) is 15.2. The smallest absolute Gasteiger partial charge is 0.255 e. The lowest BCUT2D eigenvalue weighted by Crippen LogP contribution is -2.52. The van der Waals surface area contributed by atoms with Gasteiger partial charge in [0.2, 0.25) is 11.8 Å². The third kappa shape index (κ3) is 2.70. The van der Waals surface area contributed by atoms with E-state index in [4.69, 9.17) is 4.74 Å². The molecule has 3 aliphatic rings. The second-order valence-corrected chi connectivity index (χ2v) is 7.28. The van der Waals surface area contributed by atoms with Crippen molar-refractivity contribution >= 4 is 23.4 Å². The summed E-state index contributed by atoms with van der Waals surface area (Å²) in [7, 11) is 0. The summed E-state index contributed by atoms with van der Waals surface area (Å²) in [4.78, 5) is 38.0. The van der Waals surface area contributed by atoms with Crippen molar-refractivity contribution < 1.29 is 19.1 Å². The summed E-state index contributed by atoms with van der Waals surface area (Å²) in [5.41, 5.74) is 3.66. The van der Waals surface area contributed by atoms with Crippen LogP contribution in [0.3, 0.4) is 0 Å². The van der Waals surface area contributed by atoms with Gasteiger partial charge in [-0.05, 0) is 36.6 Å². The molecule has 2 N–H and O–H groups in total. The SMILES string of the molecule is O=C1CCC(N2Cc3c(Oc4ccc5c(c4)NCC5)cccc3C2=O)C(=O)N1. The maximum atomic E-state index is 12.9. The molecule has 5 rings (SSSR count). The van der Waals surface area contributed by atoms with Crippen molar-refractivity contribution in [2.24, 2.45) is 0 Å². The van der Waals surface area contributed by atoms with Gasteiger partial charge in [0.15, 0.2) is 0 Å². The van der Waals surface area contributed by atoms with Gasteiger partial charge >= 0.3 is 0 Å². The lowest BCUT2D eigenvalue weighted by Gasteiger charge is -2.29. The fourth-order valence-corrected chi connectivity index (χ4v) is 4.11. The van der Waals surface area contributed by atoms with Crippen molar-refractivity contribution in [3.63, 3.8) is 0 Å². The Hall–Kier alpha value is -3.35. The number of amides is 3. The Morgan fingerprint density at radius 1 is 1.07 bits per heavy atom. The molecule has 0 radical (unpaired) electrons. The predicted molar refractivity (Wildman–Crippen MR) is 101 cm³/mol. The highest BCUT2D eigenvalue weighted by Crippen LogP contribution is 2.37. The highest BCUT2D eigenvalue weighted by Gasteiger charge is 2.40. The van der Waals surface area contributed by atoms with Crippen LogP contribution in [0, 0.1) is 0 Å². The van der Waals surface area contributed by atoms with Crippen molar-refractivity contribution in [1.82, 2.24) is 10.2 Å². The zero-order valence-electron chi connectivity index (χ0n) is 15.2. The molecule has 2 aromatic carbocycles. The summed E-state index contributed by atoms with van der Waals surface area (Å²) < 4.78 is 6.10. The normalized spacial score (nSPS) is 20.5. The minimum absolute atomic E-state index is 0.203. The number of carbonyl (C=O) groups excluding carboxylic acids is 3. The van der Waals surface area contributed by atoms with Gasteiger partial charge in [-0.2, -0.15) is 0 Å². The average molecular weight is 377 g/mol. The van der Waals surface area contributed by atoms with Crippen LogP contribution in [0.4, 0.5) is 5.69 Å². The number of nitrogens with one attached hydrogen (secondary N) is 2. The number of nitrogens with zero attached hydrogens (tertiary/aromatic N) is 1. The van der Waals surface area contributed by atoms with Crippen molar-refractivity contribution in [1.29, 1.82) is 0 Å². The lowest BCUT2D eigenvalue weighted by atomic mass is 10.0. The van der Waals surface area contributed by atoms with E-state index >= 15 is 0 Å². The van der Waals surface area contributed by atoms with Gasteiger partial charge in [-0.15, -0.1) is 0 Å². The van der Waals surface area contributed by atoms with E-state index in [-0.39, 0.29) is 18.2 Å². The number of rotatable bonds is 3. The Labute approximate surface area is 161 Å². The molecule has 28 heavy (non-hydrogen) atoms. The van der Waals surface area contributed by atoms with E-state index in [2.05, 4.69) is 16.7 Å². The van der Waals surface area contributed by atoms with Gasteiger partial charge in [-0.25, -0.2) is 0 Å². The van der Waals surface area contributed by atoms with E-state index in [1.54, 1.807) is 12.1 Å². The van der Waals surface area contributed by atoms with Crippen LogP contribution in [0.15, 0.2) is 36.4 Å². The number of ether oxygens (including phenoxy) is 1. The second-order valence-electron chi connectivity index (χ2n) is 7.28. The van der Waals surface area contributed by atoms with Gasteiger partial charge in [0.25, 0.3) is 5.91 Å². The third-order valence-corrected chi connectivity index (χ3v) is 5.56. The van der Waals surface area contributed by atoms with Crippen LogP contribution >= 0.6 is 0 Å². The molecule has 3 heterocycles. The van der Waals surface area contributed by atoms with E-state index in [1.807, 2.05) is 18.2 Å². The van der Waals surface area contributed by atoms with Crippen molar-refractivity contribution in [3.05, 3.63) is 53.1 Å². The number of fused-ring (bicyclic) bond motifs is 2. The third-order valence-electron chi connectivity index (χ3n) is 5.56. The molecule has 0 bridgehead atoms. The average Bonchev–Trinajstić information content (AvgIpc) is 3.27. The van der Waals surface area contributed by atoms with Gasteiger partial charge in [0.1, 0.15) is 17.5 Å². The van der Waals surface area contributed by atoms with Crippen LogP contribution in [0.25, 0.3) is 0 Å². The van der Waals surface area contributed by atoms with Crippen LogP contribution in [0.5, 0.6) is 11.5 Å². The van der Waals surface area contributed by atoms with E-state index < -0.39 is 11.9 Å². The number of anilines is 1. The molecule has 1 fully saturated rings. The molecule has 0 aliphatic carbocycles. The number of hydrogen-bond donors (Lipinski definition) is 2. The summed E-state index contributed by atoms with van der Waals surface area (Å²) >= 11 is 0. The summed E-state index contributed by atoms with van der Waals surface area (Å²) in [6.45, 7) is 1.22. The number of imide groups is 1. The zero-order chi connectivity index (χ0) is 19.3. The molecule has 3 aliphatic heterocycles. The molecule has 7 nitrogen and oxygen atoms in total. The Balaban J connectivity index is 1.42. The first-order chi connectivity index (χ1) is 13.6. The molecule has 1 atom stereocenters. The van der Waals surface area contributed by atoms with Gasteiger partial charge in [-0.3, -0.25) is 19.7 Å². The minimum atomic E-state index is -0.630. The second kappa shape index (κ2) is 6.37. The Kier molecular flexibility index (Phi) is 3.82. The molecule has 0 saturated carbocycles. The standard InChI is InChI=1S/C21H19N3O4/c25-19-7-6-17(20(26)23-19)24-11-15-14(21(24)27)2-1-3-18(15)28-13-5-4-12-8-9-22-16(12)10-13/h1-5,10,17,22H,6-9,11H2,(H,23,25,26). The highest BCUT2D eigenvalue weighted by molar-refractivity contribution is 6.05. The number of benzene rings is 2. The molecule has 0 aromatic heterocycles. The molecule has 2 aromatic rings. The molecule has 1 unspecified atom stereocenters. The number of piperidine rings is 1. The first kappa shape index (κ1) is 16.8. The van der Waals surface area contributed by atoms with Crippen LogP contribution in [0.1, 0.15) is 34.3 Å². The van der Waals surface area contributed by atoms with Gasteiger partial charge in [-0.1, -0.05) is 12.1 Å². The Morgan fingerprint density at radius 3 is 2.82 bits per heavy atom. The van der Waals surface area contributed by atoms with Crippen molar-refractivity contribution in [3.8, 4) is 11.5 Å². The Morgan fingerprint density at radius 2 is 1.96 bits per heavy atom. The fraction of sp³-hybridized carbons (Fsp3) is 0.286. The molecular weight excluding hydrogens is 358 g/mol. The molecule has 7 heteroatoms. The summed E-state index contributed by atoms with van der Waals surface area (Å²) in [6.07, 6.45) is 1.59. The van der Waals surface area contributed by atoms with E-state index in [0.717, 1.165) is 24.2 Å². The van der Waals surface area contributed by atoms with E-state index in [0.29, 0.717) is 30.0 Å². The summed E-state index contributed by atoms with van der Waals surface area (Å²) in [6, 6.07) is 10.7. The maximum absolute atomic E-state index is 12.9. The topological polar surface area (TPSA) is 87.7 Å². The summed E-state index contributed by atoms with van der Waals surface area (Å²) in [5, 5.41) is 5.65.